The second kappa shape index (κ2) is 9.60. The Hall–Kier alpha value is -2.80. The highest BCUT2D eigenvalue weighted by atomic mass is 16.6. The topological polar surface area (TPSA) is 93.8 Å². The lowest BCUT2D eigenvalue weighted by Gasteiger charge is -2.14. The van der Waals surface area contributed by atoms with Crippen molar-refractivity contribution in [3.8, 4) is 5.75 Å². The minimum atomic E-state index is -0.974. The molecule has 29 heavy (non-hydrogen) atoms. The van der Waals surface area contributed by atoms with Gasteiger partial charge < -0.3 is 14.3 Å². The van der Waals surface area contributed by atoms with Crippen LogP contribution in [0.5, 0.6) is 5.75 Å². The van der Waals surface area contributed by atoms with Crippen LogP contribution in [0.25, 0.3) is 5.70 Å². The van der Waals surface area contributed by atoms with E-state index in [0.717, 1.165) is 22.7 Å². The van der Waals surface area contributed by atoms with E-state index in [-0.39, 0.29) is 12.0 Å². The fraction of sp³-hybridized carbons (Fsp3) is 0.455. The van der Waals surface area contributed by atoms with Crippen LogP contribution in [0.3, 0.4) is 0 Å². The Morgan fingerprint density at radius 3 is 2.45 bits per heavy atom. The van der Waals surface area contributed by atoms with E-state index in [1.165, 1.54) is 0 Å². The van der Waals surface area contributed by atoms with Gasteiger partial charge in [-0.25, -0.2) is 9.78 Å². The summed E-state index contributed by atoms with van der Waals surface area (Å²) in [7, 11) is 0. The molecule has 1 aromatic heterocycles. The number of carboxylic acid groups (broad SMARTS) is 1. The first-order chi connectivity index (χ1) is 13.7. The van der Waals surface area contributed by atoms with Gasteiger partial charge >= 0.3 is 5.97 Å². The average Bonchev–Trinajstić information content (AvgIpc) is 3.05. The largest absolute Gasteiger partial charge is 0.479 e. The summed E-state index contributed by atoms with van der Waals surface area (Å²) in [5.74, 6) is 0.956. The molecule has 0 aliphatic rings. The highest BCUT2D eigenvalue weighted by Gasteiger charge is 2.22. The average molecular weight is 402 g/mol. The van der Waals surface area contributed by atoms with Gasteiger partial charge in [0.05, 0.1) is 5.70 Å². The van der Waals surface area contributed by atoms with Crippen LogP contribution in [0.15, 0.2) is 34.8 Å². The van der Waals surface area contributed by atoms with Crippen LogP contribution in [0.4, 0.5) is 0 Å². The predicted molar refractivity (Wildman–Crippen MR) is 110 cm³/mol. The molecule has 0 bridgehead atoms. The molecule has 1 heterocycles. The summed E-state index contributed by atoms with van der Waals surface area (Å²) in [6, 6.07) is 7.16. The molecular formula is C22H30N2O5. The van der Waals surface area contributed by atoms with E-state index in [1.807, 2.05) is 52.8 Å². The van der Waals surface area contributed by atoms with E-state index in [0.29, 0.717) is 18.1 Å². The fourth-order valence-corrected chi connectivity index (χ4v) is 2.54. The Morgan fingerprint density at radius 2 is 1.97 bits per heavy atom. The zero-order chi connectivity index (χ0) is 21.6. The summed E-state index contributed by atoms with van der Waals surface area (Å²) < 4.78 is 11.2. The Bertz CT molecular complexity index is 847. The number of oxazole rings is 1. The quantitative estimate of drug-likeness (QED) is 0.592. The minimum absolute atomic E-state index is 0.161. The fourth-order valence-electron chi connectivity index (χ4n) is 2.54. The lowest BCUT2D eigenvalue weighted by molar-refractivity contribution is -0.145. The molecule has 0 saturated carbocycles. The van der Waals surface area contributed by atoms with Crippen LogP contribution in [0.1, 0.15) is 63.9 Å². The number of aryl methyl sites for hydroxylation is 1. The Labute approximate surface area is 171 Å². The first kappa shape index (κ1) is 22.5. The van der Waals surface area contributed by atoms with E-state index in [4.69, 9.17) is 19.1 Å². The number of benzene rings is 1. The molecule has 158 valence electrons. The van der Waals surface area contributed by atoms with E-state index < -0.39 is 12.1 Å². The first-order valence-electron chi connectivity index (χ1n) is 9.66. The third kappa shape index (κ3) is 6.09. The molecule has 7 heteroatoms. The smallest absolute Gasteiger partial charge is 0.344 e. The van der Waals surface area contributed by atoms with Gasteiger partial charge in [0.25, 0.3) is 0 Å². The number of ether oxygens (including phenoxy) is 1. The number of hydrogen-bond acceptors (Lipinski definition) is 6. The van der Waals surface area contributed by atoms with Crippen LogP contribution < -0.4 is 10.2 Å². The zero-order valence-corrected chi connectivity index (χ0v) is 17.9. The normalized spacial score (nSPS) is 13.2. The number of rotatable bonds is 9. The molecule has 2 rings (SSSR count). The van der Waals surface area contributed by atoms with Gasteiger partial charge in [-0.05, 0) is 50.1 Å². The van der Waals surface area contributed by atoms with Crippen LogP contribution >= 0.6 is 0 Å². The summed E-state index contributed by atoms with van der Waals surface area (Å²) in [6.07, 6.45) is 1.43. The summed E-state index contributed by atoms with van der Waals surface area (Å²) in [4.78, 5) is 21.2. The number of allylic oxidation sites excluding steroid dienone is 1. The number of nitrogens with one attached hydrogen (secondary N) is 1. The van der Waals surface area contributed by atoms with Gasteiger partial charge in [0, 0.05) is 5.41 Å². The monoisotopic (exact) mass is 402 g/mol. The lowest BCUT2D eigenvalue weighted by Crippen LogP contribution is -2.25. The van der Waals surface area contributed by atoms with Crippen LogP contribution in [-0.4, -0.2) is 22.2 Å². The van der Waals surface area contributed by atoms with Gasteiger partial charge in [-0.1, -0.05) is 33.8 Å². The first-order valence-corrected chi connectivity index (χ1v) is 9.66. The van der Waals surface area contributed by atoms with Gasteiger partial charge in [0.15, 0.2) is 12.0 Å². The number of aromatic nitrogens is 1. The van der Waals surface area contributed by atoms with Crippen molar-refractivity contribution in [2.24, 2.45) is 0 Å². The summed E-state index contributed by atoms with van der Waals surface area (Å²) in [6.45, 7) is 11.9. The molecule has 1 unspecified atom stereocenters. The van der Waals surface area contributed by atoms with Crippen LogP contribution in [-0.2, 0) is 21.7 Å². The maximum atomic E-state index is 11.1. The second-order valence-electron chi connectivity index (χ2n) is 7.74. The number of carboxylic acids is 1. The SMILES string of the molecule is CC=C(NOCc1nc(C(C)(C)C)oc1C)c1ccc(OC(CC)C(=O)O)cc1. The molecule has 0 amide bonds. The zero-order valence-electron chi connectivity index (χ0n) is 17.9. The molecule has 2 aromatic rings. The van der Waals surface area contributed by atoms with Crippen LogP contribution in [0.2, 0.25) is 0 Å². The standard InChI is InChI=1S/C22H30N2O5/c1-7-17(15-9-11-16(12-10-15)29-19(8-2)20(25)26)24-27-13-18-14(3)28-21(23-18)22(4,5)6/h7,9-12,19,24H,8,13H2,1-6H3,(H,25,26). The number of nitrogens with zero attached hydrogens (tertiary/aromatic N) is 1. The van der Waals surface area contributed by atoms with Crippen molar-refractivity contribution in [1.29, 1.82) is 0 Å². The van der Waals surface area contributed by atoms with E-state index >= 15 is 0 Å². The Balaban J connectivity index is 1.97. The van der Waals surface area contributed by atoms with Gasteiger partial charge in [-0.3, -0.25) is 10.3 Å². The molecule has 0 spiro atoms. The van der Waals surface area contributed by atoms with Gasteiger partial charge in [0.2, 0.25) is 0 Å². The minimum Gasteiger partial charge on any atom is -0.479 e. The van der Waals surface area contributed by atoms with Crippen molar-refractivity contribution in [3.05, 3.63) is 53.2 Å². The van der Waals surface area contributed by atoms with Crippen molar-refractivity contribution in [3.63, 3.8) is 0 Å². The predicted octanol–water partition coefficient (Wildman–Crippen LogP) is 4.60. The van der Waals surface area contributed by atoms with E-state index in [2.05, 4.69) is 10.5 Å². The van der Waals surface area contributed by atoms with E-state index in [1.54, 1.807) is 19.1 Å². The van der Waals surface area contributed by atoms with Crippen molar-refractivity contribution in [1.82, 2.24) is 10.5 Å². The highest BCUT2D eigenvalue weighted by molar-refractivity contribution is 5.72. The van der Waals surface area contributed by atoms with Crippen molar-refractivity contribution in [2.75, 3.05) is 0 Å². The number of carbonyl (C=O) groups is 1. The summed E-state index contributed by atoms with van der Waals surface area (Å²) in [5, 5.41) is 9.10. The number of hydroxylamine groups is 1. The molecule has 0 fully saturated rings. The highest BCUT2D eigenvalue weighted by Crippen LogP contribution is 2.24. The molecule has 0 saturated heterocycles. The molecule has 1 aromatic carbocycles. The third-order valence-electron chi connectivity index (χ3n) is 4.30. The molecule has 0 aliphatic heterocycles. The molecular weight excluding hydrogens is 372 g/mol. The van der Waals surface area contributed by atoms with Gasteiger partial charge in [-0.15, -0.1) is 0 Å². The lowest BCUT2D eigenvalue weighted by atomic mass is 9.97. The molecule has 7 nitrogen and oxygen atoms in total. The summed E-state index contributed by atoms with van der Waals surface area (Å²) in [5.41, 5.74) is 5.20. The molecule has 0 radical (unpaired) electrons. The van der Waals surface area contributed by atoms with E-state index in [9.17, 15) is 4.79 Å². The summed E-state index contributed by atoms with van der Waals surface area (Å²) >= 11 is 0. The number of aliphatic carboxylic acids is 1. The maximum Gasteiger partial charge on any atom is 0.344 e. The number of hydrogen-bond donors (Lipinski definition) is 2. The van der Waals surface area contributed by atoms with Gasteiger partial charge in [0.1, 0.15) is 23.8 Å². The van der Waals surface area contributed by atoms with Crippen molar-refractivity contribution >= 4 is 11.7 Å². The van der Waals surface area contributed by atoms with Crippen molar-refractivity contribution < 1.29 is 23.9 Å². The third-order valence-corrected chi connectivity index (χ3v) is 4.30. The van der Waals surface area contributed by atoms with Crippen molar-refractivity contribution in [2.45, 2.75) is 66.1 Å². The molecule has 2 N–H and O–H groups in total. The molecule has 1 atom stereocenters. The van der Waals surface area contributed by atoms with Crippen LogP contribution in [0, 0.1) is 6.92 Å². The van der Waals surface area contributed by atoms with Gasteiger partial charge in [-0.2, -0.15) is 0 Å². The Morgan fingerprint density at radius 1 is 1.31 bits per heavy atom. The molecule has 0 aliphatic carbocycles. The second-order valence-corrected chi connectivity index (χ2v) is 7.74. The maximum absolute atomic E-state index is 11.1. The Kier molecular flexibility index (Phi) is 7.45.